The Hall–Kier alpha value is -1.59. The van der Waals surface area contributed by atoms with Crippen molar-refractivity contribution in [3.8, 4) is 0 Å². The molecule has 0 spiro atoms. The molecule has 1 rings (SSSR count). The molecule has 0 aromatic heterocycles. The Labute approximate surface area is 75.1 Å². The number of hydrogen-bond acceptors (Lipinski definition) is 3. The number of urea groups is 2. The largest absolute Gasteiger partial charge is 0.351 e. The van der Waals surface area contributed by atoms with E-state index < -0.39 is 24.0 Å². The zero-order valence-corrected chi connectivity index (χ0v) is 7.24. The standard InChI is InChI=1S/C7H11N3O3/c1-2-3-4-5(11)9-7(13)10(4)6(8)12/h4H,2-3H2,1H3,(H2,8,12)(H,9,11,13). The van der Waals surface area contributed by atoms with Gasteiger partial charge in [0.2, 0.25) is 0 Å². The summed E-state index contributed by atoms with van der Waals surface area (Å²) in [5.41, 5.74) is 4.94. The molecule has 1 aliphatic heterocycles. The van der Waals surface area contributed by atoms with E-state index in [-0.39, 0.29) is 0 Å². The highest BCUT2D eigenvalue weighted by molar-refractivity contribution is 6.11. The lowest BCUT2D eigenvalue weighted by Crippen LogP contribution is -2.43. The van der Waals surface area contributed by atoms with E-state index in [0.717, 1.165) is 4.90 Å². The van der Waals surface area contributed by atoms with E-state index in [1.807, 2.05) is 12.2 Å². The second-order valence-electron chi connectivity index (χ2n) is 2.81. The predicted molar refractivity (Wildman–Crippen MR) is 43.7 cm³/mol. The molecule has 72 valence electrons. The van der Waals surface area contributed by atoms with Crippen molar-refractivity contribution in [3.05, 3.63) is 0 Å². The Kier molecular flexibility index (Phi) is 2.50. The van der Waals surface area contributed by atoms with Gasteiger partial charge in [-0.25, -0.2) is 14.5 Å². The second-order valence-corrected chi connectivity index (χ2v) is 2.81. The quantitative estimate of drug-likeness (QED) is 0.583. The van der Waals surface area contributed by atoms with Crippen LogP contribution in [0.4, 0.5) is 9.59 Å². The van der Waals surface area contributed by atoms with E-state index in [9.17, 15) is 14.4 Å². The zero-order chi connectivity index (χ0) is 10.0. The van der Waals surface area contributed by atoms with Crippen molar-refractivity contribution in [1.82, 2.24) is 10.2 Å². The number of carbonyl (C=O) groups is 3. The first-order chi connectivity index (χ1) is 6.07. The highest BCUT2D eigenvalue weighted by atomic mass is 16.2. The van der Waals surface area contributed by atoms with Gasteiger partial charge in [0.1, 0.15) is 6.04 Å². The van der Waals surface area contributed by atoms with E-state index in [1.165, 1.54) is 0 Å². The zero-order valence-electron chi connectivity index (χ0n) is 7.24. The summed E-state index contributed by atoms with van der Waals surface area (Å²) < 4.78 is 0. The molecule has 3 N–H and O–H groups in total. The molecule has 1 unspecified atom stereocenters. The summed E-state index contributed by atoms with van der Waals surface area (Å²) in [5, 5.41) is 2.03. The van der Waals surface area contributed by atoms with Crippen LogP contribution in [0.3, 0.4) is 0 Å². The molecule has 6 heteroatoms. The molecule has 0 aliphatic carbocycles. The normalized spacial score (nSPS) is 21.9. The number of hydrogen-bond donors (Lipinski definition) is 2. The van der Waals surface area contributed by atoms with Gasteiger partial charge in [0.15, 0.2) is 0 Å². The topological polar surface area (TPSA) is 92.5 Å². The van der Waals surface area contributed by atoms with Crippen LogP contribution in [0, 0.1) is 0 Å². The minimum Gasteiger partial charge on any atom is -0.351 e. The van der Waals surface area contributed by atoms with Crippen molar-refractivity contribution in [1.29, 1.82) is 0 Å². The summed E-state index contributed by atoms with van der Waals surface area (Å²) in [6, 6.07) is -2.34. The molecule has 1 atom stereocenters. The predicted octanol–water partition coefficient (Wildman–Crippen LogP) is -0.214. The molecular weight excluding hydrogens is 174 g/mol. The average Bonchev–Trinajstić information content (AvgIpc) is 2.27. The maximum absolute atomic E-state index is 11.1. The Bertz CT molecular complexity index is 264. The number of rotatable bonds is 2. The first kappa shape index (κ1) is 9.50. The van der Waals surface area contributed by atoms with E-state index >= 15 is 0 Å². The molecule has 1 aliphatic rings. The summed E-state index contributed by atoms with van der Waals surface area (Å²) in [7, 11) is 0. The molecule has 1 fully saturated rings. The number of amides is 5. The lowest BCUT2D eigenvalue weighted by atomic mass is 10.1. The van der Waals surface area contributed by atoms with Gasteiger partial charge in [-0.05, 0) is 6.42 Å². The lowest BCUT2D eigenvalue weighted by Gasteiger charge is -2.15. The molecule has 0 aromatic rings. The maximum atomic E-state index is 11.1. The molecule has 0 radical (unpaired) electrons. The third kappa shape index (κ3) is 1.61. The third-order valence-corrected chi connectivity index (χ3v) is 1.86. The first-order valence-electron chi connectivity index (χ1n) is 4.01. The lowest BCUT2D eigenvalue weighted by molar-refractivity contribution is -0.121. The van der Waals surface area contributed by atoms with Crippen molar-refractivity contribution in [3.63, 3.8) is 0 Å². The summed E-state index contributed by atoms with van der Waals surface area (Å²) >= 11 is 0. The molecule has 0 saturated carbocycles. The van der Waals surface area contributed by atoms with Crippen LogP contribution < -0.4 is 11.1 Å². The number of nitrogens with two attached hydrogens (primary N) is 1. The highest BCUT2D eigenvalue weighted by Gasteiger charge is 2.40. The minimum atomic E-state index is -0.887. The van der Waals surface area contributed by atoms with Gasteiger partial charge in [-0.1, -0.05) is 13.3 Å². The van der Waals surface area contributed by atoms with Gasteiger partial charge in [0.25, 0.3) is 5.91 Å². The summed E-state index contributed by atoms with van der Waals surface area (Å²) in [6.45, 7) is 1.86. The van der Waals surface area contributed by atoms with Crippen LogP contribution in [0.25, 0.3) is 0 Å². The monoisotopic (exact) mass is 185 g/mol. The molecule has 1 heterocycles. The number of nitrogens with one attached hydrogen (secondary N) is 1. The Morgan fingerprint density at radius 3 is 2.69 bits per heavy atom. The van der Waals surface area contributed by atoms with Gasteiger partial charge in [-0.2, -0.15) is 0 Å². The molecular formula is C7H11N3O3. The first-order valence-corrected chi connectivity index (χ1v) is 4.01. The Morgan fingerprint density at radius 2 is 2.23 bits per heavy atom. The van der Waals surface area contributed by atoms with Crippen LogP contribution in [0.5, 0.6) is 0 Å². The molecule has 0 bridgehead atoms. The van der Waals surface area contributed by atoms with Crippen LogP contribution in [0.2, 0.25) is 0 Å². The number of imide groups is 2. The van der Waals surface area contributed by atoms with Crippen LogP contribution in [-0.4, -0.2) is 28.9 Å². The van der Waals surface area contributed by atoms with Crippen molar-refractivity contribution >= 4 is 18.0 Å². The van der Waals surface area contributed by atoms with Crippen LogP contribution in [-0.2, 0) is 4.79 Å². The second kappa shape index (κ2) is 3.42. The van der Waals surface area contributed by atoms with Gasteiger partial charge < -0.3 is 5.73 Å². The Balaban J connectivity index is 2.83. The van der Waals surface area contributed by atoms with Gasteiger partial charge >= 0.3 is 12.1 Å². The SMILES string of the molecule is CCCC1C(=O)NC(=O)N1C(N)=O. The molecule has 5 amide bonds. The van der Waals surface area contributed by atoms with Crippen LogP contribution in [0.15, 0.2) is 0 Å². The number of primary amides is 1. The Morgan fingerprint density at radius 1 is 1.62 bits per heavy atom. The highest BCUT2D eigenvalue weighted by Crippen LogP contribution is 2.13. The fraction of sp³-hybridized carbons (Fsp3) is 0.571. The summed E-state index contributed by atoms with van der Waals surface area (Å²) in [6.07, 6.45) is 1.15. The van der Waals surface area contributed by atoms with Crippen molar-refractivity contribution in [2.24, 2.45) is 5.73 Å². The van der Waals surface area contributed by atoms with E-state index in [1.54, 1.807) is 0 Å². The molecule has 6 nitrogen and oxygen atoms in total. The van der Waals surface area contributed by atoms with Crippen molar-refractivity contribution < 1.29 is 14.4 Å². The summed E-state index contributed by atoms with van der Waals surface area (Å²) in [5.74, 6) is -0.453. The van der Waals surface area contributed by atoms with Gasteiger partial charge in [-0.15, -0.1) is 0 Å². The van der Waals surface area contributed by atoms with E-state index in [4.69, 9.17) is 5.73 Å². The third-order valence-electron chi connectivity index (χ3n) is 1.86. The summed E-state index contributed by atoms with van der Waals surface area (Å²) in [4.78, 5) is 33.6. The van der Waals surface area contributed by atoms with Gasteiger partial charge in [-0.3, -0.25) is 10.1 Å². The van der Waals surface area contributed by atoms with E-state index in [0.29, 0.717) is 12.8 Å². The maximum Gasteiger partial charge on any atom is 0.332 e. The number of nitrogens with zero attached hydrogens (tertiary/aromatic N) is 1. The van der Waals surface area contributed by atoms with Crippen molar-refractivity contribution in [2.75, 3.05) is 0 Å². The number of carbonyl (C=O) groups excluding carboxylic acids is 3. The van der Waals surface area contributed by atoms with Crippen LogP contribution in [0.1, 0.15) is 19.8 Å². The van der Waals surface area contributed by atoms with Gasteiger partial charge in [0.05, 0.1) is 0 Å². The molecule has 13 heavy (non-hydrogen) atoms. The van der Waals surface area contributed by atoms with Crippen LogP contribution >= 0.6 is 0 Å². The fourth-order valence-electron chi connectivity index (χ4n) is 1.30. The van der Waals surface area contributed by atoms with E-state index in [2.05, 4.69) is 0 Å². The van der Waals surface area contributed by atoms with Crippen molar-refractivity contribution in [2.45, 2.75) is 25.8 Å². The molecule has 0 aromatic carbocycles. The minimum absolute atomic E-state index is 0.445. The molecule has 1 saturated heterocycles. The van der Waals surface area contributed by atoms with Gasteiger partial charge in [0, 0.05) is 0 Å². The fourth-order valence-corrected chi connectivity index (χ4v) is 1.30. The average molecular weight is 185 g/mol. The smallest absolute Gasteiger partial charge is 0.332 e.